The SMILES string of the molecule is CCCn1cc(C2NC(=NCCOC)NC2=O)cn1. The summed E-state index contributed by atoms with van der Waals surface area (Å²) in [5.74, 6) is 0.391. The van der Waals surface area contributed by atoms with Crippen LogP contribution < -0.4 is 10.6 Å². The molecule has 7 heteroatoms. The summed E-state index contributed by atoms with van der Waals surface area (Å²) in [7, 11) is 1.62. The molecule has 2 rings (SSSR count). The van der Waals surface area contributed by atoms with Crippen LogP contribution in [0.15, 0.2) is 17.4 Å². The number of nitrogens with zero attached hydrogens (tertiary/aromatic N) is 3. The van der Waals surface area contributed by atoms with Crippen LogP contribution in [0.25, 0.3) is 0 Å². The smallest absolute Gasteiger partial charge is 0.254 e. The monoisotopic (exact) mass is 265 g/mol. The van der Waals surface area contributed by atoms with Gasteiger partial charge in [-0.25, -0.2) is 0 Å². The molecular formula is C12H19N5O2. The van der Waals surface area contributed by atoms with Crippen LogP contribution in [-0.4, -0.2) is 41.9 Å². The fourth-order valence-corrected chi connectivity index (χ4v) is 1.88. The van der Waals surface area contributed by atoms with Crippen molar-refractivity contribution in [2.24, 2.45) is 4.99 Å². The number of hydrogen-bond acceptors (Lipinski definition) is 4. The fourth-order valence-electron chi connectivity index (χ4n) is 1.88. The lowest BCUT2D eigenvalue weighted by atomic mass is 10.2. The van der Waals surface area contributed by atoms with Crippen LogP contribution >= 0.6 is 0 Å². The molecule has 1 saturated heterocycles. The summed E-state index contributed by atoms with van der Waals surface area (Å²) in [6.45, 7) is 3.98. The van der Waals surface area contributed by atoms with Crippen molar-refractivity contribution >= 4 is 11.9 Å². The van der Waals surface area contributed by atoms with E-state index in [9.17, 15) is 4.79 Å². The van der Waals surface area contributed by atoms with Gasteiger partial charge in [-0.15, -0.1) is 0 Å². The van der Waals surface area contributed by atoms with E-state index in [2.05, 4.69) is 27.6 Å². The Morgan fingerprint density at radius 3 is 3.16 bits per heavy atom. The molecule has 1 fully saturated rings. The fraction of sp³-hybridized carbons (Fsp3) is 0.583. The molecule has 2 heterocycles. The Morgan fingerprint density at radius 1 is 1.58 bits per heavy atom. The molecule has 0 saturated carbocycles. The minimum absolute atomic E-state index is 0.104. The number of aromatic nitrogens is 2. The summed E-state index contributed by atoms with van der Waals surface area (Å²) >= 11 is 0. The number of methoxy groups -OCH3 is 1. The van der Waals surface area contributed by atoms with Crippen LogP contribution in [0.4, 0.5) is 0 Å². The average Bonchev–Trinajstić information content (AvgIpc) is 2.97. The van der Waals surface area contributed by atoms with E-state index in [1.807, 2.05) is 10.9 Å². The average molecular weight is 265 g/mol. The van der Waals surface area contributed by atoms with Gasteiger partial charge in [0.05, 0.1) is 19.3 Å². The molecule has 0 aliphatic carbocycles. The van der Waals surface area contributed by atoms with Crippen molar-refractivity contribution in [1.82, 2.24) is 20.4 Å². The Bertz CT molecular complexity index is 468. The number of carbonyl (C=O) groups is 1. The number of rotatable bonds is 6. The predicted molar refractivity (Wildman–Crippen MR) is 70.7 cm³/mol. The van der Waals surface area contributed by atoms with E-state index in [0.717, 1.165) is 18.5 Å². The Hall–Kier alpha value is -1.89. The largest absolute Gasteiger partial charge is 0.383 e. The highest BCUT2D eigenvalue weighted by Crippen LogP contribution is 2.15. The Kier molecular flexibility index (Phi) is 4.51. The van der Waals surface area contributed by atoms with Gasteiger partial charge in [0.2, 0.25) is 0 Å². The normalized spacial score (nSPS) is 20.6. The van der Waals surface area contributed by atoms with Gasteiger partial charge in [-0.2, -0.15) is 5.10 Å². The number of ether oxygens (including phenoxy) is 1. The highest BCUT2D eigenvalue weighted by molar-refractivity contribution is 6.06. The van der Waals surface area contributed by atoms with Crippen molar-refractivity contribution < 1.29 is 9.53 Å². The van der Waals surface area contributed by atoms with Crippen LogP contribution in [0.5, 0.6) is 0 Å². The molecule has 2 N–H and O–H groups in total. The molecule has 7 nitrogen and oxygen atoms in total. The number of amides is 1. The minimum atomic E-state index is -0.410. The van der Waals surface area contributed by atoms with Gasteiger partial charge in [0, 0.05) is 25.4 Å². The Labute approximate surface area is 112 Å². The zero-order valence-corrected chi connectivity index (χ0v) is 11.2. The third-order valence-electron chi connectivity index (χ3n) is 2.79. The van der Waals surface area contributed by atoms with E-state index in [1.165, 1.54) is 0 Å². The van der Waals surface area contributed by atoms with Gasteiger partial charge in [0.25, 0.3) is 5.91 Å². The summed E-state index contributed by atoms with van der Waals surface area (Å²) < 4.78 is 6.75. The zero-order valence-electron chi connectivity index (χ0n) is 11.2. The molecule has 1 amide bonds. The van der Waals surface area contributed by atoms with E-state index < -0.39 is 6.04 Å². The molecule has 1 aliphatic rings. The summed E-state index contributed by atoms with van der Waals surface area (Å²) in [6.07, 6.45) is 4.61. The first-order valence-corrected chi connectivity index (χ1v) is 6.37. The van der Waals surface area contributed by atoms with Crippen LogP contribution in [-0.2, 0) is 16.1 Å². The first-order chi connectivity index (χ1) is 9.24. The molecule has 0 radical (unpaired) electrons. The maximum Gasteiger partial charge on any atom is 0.254 e. The number of hydrogen-bond donors (Lipinski definition) is 2. The number of aliphatic imine (C=N–C) groups is 1. The van der Waals surface area contributed by atoms with Crippen LogP contribution in [0.2, 0.25) is 0 Å². The summed E-state index contributed by atoms with van der Waals surface area (Å²) in [5, 5.41) is 9.98. The third-order valence-corrected chi connectivity index (χ3v) is 2.79. The lowest BCUT2D eigenvalue weighted by Gasteiger charge is -2.04. The number of guanidine groups is 1. The number of carbonyl (C=O) groups excluding carboxylic acids is 1. The molecule has 1 aromatic rings. The van der Waals surface area contributed by atoms with Gasteiger partial charge in [0.15, 0.2) is 5.96 Å². The molecule has 1 unspecified atom stereocenters. The van der Waals surface area contributed by atoms with E-state index in [4.69, 9.17) is 4.74 Å². The van der Waals surface area contributed by atoms with E-state index in [-0.39, 0.29) is 5.91 Å². The van der Waals surface area contributed by atoms with Crippen LogP contribution in [0.3, 0.4) is 0 Å². The van der Waals surface area contributed by atoms with Crippen molar-refractivity contribution in [1.29, 1.82) is 0 Å². The van der Waals surface area contributed by atoms with Gasteiger partial charge in [-0.3, -0.25) is 19.8 Å². The first-order valence-electron chi connectivity index (χ1n) is 6.37. The van der Waals surface area contributed by atoms with Crippen molar-refractivity contribution in [3.63, 3.8) is 0 Å². The lowest BCUT2D eigenvalue weighted by molar-refractivity contribution is -0.120. The van der Waals surface area contributed by atoms with Crippen molar-refractivity contribution in [3.8, 4) is 0 Å². The molecule has 0 spiro atoms. The van der Waals surface area contributed by atoms with Crippen molar-refractivity contribution in [3.05, 3.63) is 18.0 Å². The number of nitrogens with one attached hydrogen (secondary N) is 2. The standard InChI is InChI=1S/C12H19N5O2/c1-3-5-17-8-9(7-14-17)10-11(18)16-12(15-10)13-4-6-19-2/h7-8,10H,3-6H2,1-2H3,(H2,13,15,16,18). The van der Waals surface area contributed by atoms with Gasteiger partial charge in [0.1, 0.15) is 6.04 Å². The van der Waals surface area contributed by atoms with E-state index >= 15 is 0 Å². The maximum absolute atomic E-state index is 11.9. The highest BCUT2D eigenvalue weighted by Gasteiger charge is 2.30. The topological polar surface area (TPSA) is 80.5 Å². The van der Waals surface area contributed by atoms with E-state index in [0.29, 0.717) is 19.1 Å². The van der Waals surface area contributed by atoms with Crippen LogP contribution in [0, 0.1) is 0 Å². The Balaban J connectivity index is 2.00. The lowest BCUT2D eigenvalue weighted by Crippen LogP contribution is -2.26. The molecule has 0 bridgehead atoms. The molecule has 0 aromatic carbocycles. The van der Waals surface area contributed by atoms with Gasteiger partial charge >= 0.3 is 0 Å². The second-order valence-electron chi connectivity index (χ2n) is 4.33. The molecule has 104 valence electrons. The maximum atomic E-state index is 11.9. The first kappa shape index (κ1) is 13.5. The molecule has 1 aromatic heterocycles. The second-order valence-corrected chi connectivity index (χ2v) is 4.33. The summed E-state index contributed by atoms with van der Waals surface area (Å²) in [5.41, 5.74) is 0.850. The van der Waals surface area contributed by atoms with Gasteiger partial charge < -0.3 is 10.1 Å². The third kappa shape index (κ3) is 3.31. The van der Waals surface area contributed by atoms with Gasteiger partial charge in [-0.1, -0.05) is 6.92 Å². The second kappa shape index (κ2) is 6.33. The molecule has 19 heavy (non-hydrogen) atoms. The van der Waals surface area contributed by atoms with E-state index in [1.54, 1.807) is 13.3 Å². The summed E-state index contributed by atoms with van der Waals surface area (Å²) in [4.78, 5) is 16.1. The molecule has 1 aliphatic heterocycles. The molecule has 1 atom stereocenters. The predicted octanol–water partition coefficient (Wildman–Crippen LogP) is 0.0560. The van der Waals surface area contributed by atoms with Gasteiger partial charge in [-0.05, 0) is 6.42 Å². The quantitative estimate of drug-likeness (QED) is 0.713. The molecular weight excluding hydrogens is 246 g/mol. The van der Waals surface area contributed by atoms with Crippen molar-refractivity contribution in [2.75, 3.05) is 20.3 Å². The zero-order chi connectivity index (χ0) is 13.7. The summed E-state index contributed by atoms with van der Waals surface area (Å²) in [6, 6.07) is -0.410. The minimum Gasteiger partial charge on any atom is -0.383 e. The highest BCUT2D eigenvalue weighted by atomic mass is 16.5. The van der Waals surface area contributed by atoms with Crippen LogP contribution in [0.1, 0.15) is 24.9 Å². The van der Waals surface area contributed by atoms with Crippen molar-refractivity contribution in [2.45, 2.75) is 25.9 Å². The Morgan fingerprint density at radius 2 is 2.42 bits per heavy atom. The number of aryl methyl sites for hydroxylation is 1.